The number of aromatic nitrogens is 1. The van der Waals surface area contributed by atoms with Crippen LogP contribution in [0.3, 0.4) is 0 Å². The number of nitrogens with zero attached hydrogens (tertiary/aromatic N) is 1. The monoisotopic (exact) mass is 357 g/mol. The molecule has 1 aromatic heterocycles. The molecule has 0 radical (unpaired) electrons. The highest BCUT2D eigenvalue weighted by atomic mass is 35.5. The molecule has 2 aromatic carbocycles. The summed E-state index contributed by atoms with van der Waals surface area (Å²) in [5.74, 6) is -0.713. The largest absolute Gasteiger partial charge is 0.481 e. The number of aliphatic carboxylic acids is 1. The van der Waals surface area contributed by atoms with Gasteiger partial charge in [-0.2, -0.15) is 0 Å². The fraction of sp³-hybridized carbons (Fsp3) is 0.158. The van der Waals surface area contributed by atoms with Gasteiger partial charge in [-0.3, -0.25) is 9.78 Å². The second-order valence-corrected chi connectivity index (χ2v) is 6.92. The van der Waals surface area contributed by atoms with Gasteiger partial charge in [-0.1, -0.05) is 48.9 Å². The number of carbonyl (C=O) groups is 1. The van der Waals surface area contributed by atoms with Crippen LogP contribution >= 0.6 is 23.4 Å². The number of thioether (sulfide) groups is 1. The molecule has 0 spiro atoms. The maximum atomic E-state index is 10.9. The maximum absolute atomic E-state index is 10.9. The third-order valence-electron chi connectivity index (χ3n) is 4.00. The number of carboxylic acid groups (broad SMARTS) is 1. The Labute approximate surface area is 149 Å². The van der Waals surface area contributed by atoms with E-state index in [1.165, 1.54) is 11.8 Å². The van der Waals surface area contributed by atoms with Crippen LogP contribution in [0.1, 0.15) is 24.0 Å². The molecule has 1 N–H and O–H groups in total. The highest BCUT2D eigenvalue weighted by molar-refractivity contribution is 8.00. The predicted molar refractivity (Wildman–Crippen MR) is 99.1 cm³/mol. The lowest BCUT2D eigenvalue weighted by atomic mass is 9.90. The molecule has 0 amide bonds. The van der Waals surface area contributed by atoms with Crippen molar-refractivity contribution in [1.82, 2.24) is 4.98 Å². The van der Waals surface area contributed by atoms with Gasteiger partial charge in [-0.05, 0) is 28.6 Å². The van der Waals surface area contributed by atoms with E-state index in [4.69, 9.17) is 16.7 Å². The van der Waals surface area contributed by atoms with Crippen LogP contribution in [0.15, 0.2) is 59.8 Å². The van der Waals surface area contributed by atoms with Crippen molar-refractivity contribution >= 4 is 40.1 Å². The fourth-order valence-corrected chi connectivity index (χ4v) is 3.88. The average Bonchev–Trinajstić information content (AvgIpc) is 2.60. The van der Waals surface area contributed by atoms with E-state index in [-0.39, 0.29) is 11.7 Å². The molecule has 0 saturated heterocycles. The zero-order valence-corrected chi connectivity index (χ0v) is 14.6. The van der Waals surface area contributed by atoms with Crippen LogP contribution in [0.2, 0.25) is 5.02 Å². The first-order chi connectivity index (χ1) is 11.6. The van der Waals surface area contributed by atoms with Gasteiger partial charge in [0.25, 0.3) is 0 Å². The van der Waals surface area contributed by atoms with E-state index < -0.39 is 5.97 Å². The van der Waals surface area contributed by atoms with Crippen LogP contribution in [-0.2, 0) is 4.79 Å². The number of benzene rings is 2. The number of halogens is 1. The van der Waals surface area contributed by atoms with Gasteiger partial charge in [0.2, 0.25) is 0 Å². The number of hydrogen-bond donors (Lipinski definition) is 1. The Bertz CT molecular complexity index is 897. The summed E-state index contributed by atoms with van der Waals surface area (Å²) in [7, 11) is 0. The van der Waals surface area contributed by atoms with Gasteiger partial charge in [-0.25, -0.2) is 0 Å². The maximum Gasteiger partial charge on any atom is 0.313 e. The molecule has 3 nitrogen and oxygen atoms in total. The molecule has 1 heterocycles. The number of fused-ring (bicyclic) bond motifs is 1. The topological polar surface area (TPSA) is 50.2 Å². The van der Waals surface area contributed by atoms with Gasteiger partial charge < -0.3 is 5.11 Å². The van der Waals surface area contributed by atoms with Gasteiger partial charge >= 0.3 is 5.97 Å². The molecular weight excluding hydrogens is 342 g/mol. The molecule has 122 valence electrons. The summed E-state index contributed by atoms with van der Waals surface area (Å²) in [6, 6.07) is 13.9. The van der Waals surface area contributed by atoms with Crippen molar-refractivity contribution < 1.29 is 9.90 Å². The van der Waals surface area contributed by atoms with Crippen LogP contribution in [0.25, 0.3) is 10.8 Å². The van der Waals surface area contributed by atoms with E-state index in [2.05, 4.69) is 18.0 Å². The lowest BCUT2D eigenvalue weighted by molar-refractivity contribution is -0.133. The standard InChI is InChI=1S/C19H16ClNO2S/c1-12(16-10-21-9-8-18(16)24-11-19(22)23)13-6-7-17(20)15-5-3-2-4-14(13)15/h2-10,12H,11H2,1H3,(H,22,23). The fourth-order valence-electron chi connectivity index (χ4n) is 2.82. The summed E-state index contributed by atoms with van der Waals surface area (Å²) in [5, 5.41) is 11.8. The Morgan fingerprint density at radius 1 is 1.17 bits per heavy atom. The van der Waals surface area contributed by atoms with Crippen LogP contribution < -0.4 is 0 Å². The Balaban J connectivity index is 2.06. The smallest absolute Gasteiger partial charge is 0.313 e. The van der Waals surface area contributed by atoms with Crippen molar-refractivity contribution in [3.8, 4) is 0 Å². The zero-order chi connectivity index (χ0) is 17.1. The molecule has 0 aliphatic rings. The second-order valence-electron chi connectivity index (χ2n) is 5.50. The van der Waals surface area contributed by atoms with E-state index in [0.717, 1.165) is 31.8 Å². The van der Waals surface area contributed by atoms with Crippen molar-refractivity contribution in [2.45, 2.75) is 17.7 Å². The van der Waals surface area contributed by atoms with Crippen LogP contribution in [0.5, 0.6) is 0 Å². The first-order valence-electron chi connectivity index (χ1n) is 7.53. The van der Waals surface area contributed by atoms with E-state index >= 15 is 0 Å². The zero-order valence-electron chi connectivity index (χ0n) is 13.1. The second kappa shape index (κ2) is 7.24. The molecule has 1 atom stereocenters. The van der Waals surface area contributed by atoms with Crippen LogP contribution in [-0.4, -0.2) is 21.8 Å². The van der Waals surface area contributed by atoms with E-state index in [1.54, 1.807) is 6.20 Å². The van der Waals surface area contributed by atoms with Crippen molar-refractivity contribution in [3.63, 3.8) is 0 Å². The molecule has 24 heavy (non-hydrogen) atoms. The van der Waals surface area contributed by atoms with Crippen molar-refractivity contribution in [2.75, 3.05) is 5.75 Å². The van der Waals surface area contributed by atoms with Gasteiger partial charge in [-0.15, -0.1) is 11.8 Å². The normalized spacial score (nSPS) is 12.2. The minimum atomic E-state index is -0.827. The Hall–Kier alpha value is -2.04. The molecule has 3 aromatic rings. The van der Waals surface area contributed by atoms with Crippen LogP contribution in [0, 0.1) is 0 Å². The summed E-state index contributed by atoms with van der Waals surface area (Å²) in [4.78, 5) is 16.1. The van der Waals surface area contributed by atoms with E-state index in [1.807, 2.05) is 42.6 Å². The summed E-state index contributed by atoms with van der Waals surface area (Å²) in [6.07, 6.45) is 3.51. The Kier molecular flexibility index (Phi) is 5.07. The minimum Gasteiger partial charge on any atom is -0.481 e. The minimum absolute atomic E-state index is 0.0328. The van der Waals surface area contributed by atoms with Gasteiger partial charge in [0.05, 0.1) is 5.75 Å². The Morgan fingerprint density at radius 2 is 1.92 bits per heavy atom. The average molecular weight is 358 g/mol. The molecule has 5 heteroatoms. The SMILES string of the molecule is CC(c1cnccc1SCC(=O)O)c1ccc(Cl)c2ccccc12. The summed E-state index contributed by atoms with van der Waals surface area (Å²) in [5.41, 5.74) is 2.18. The highest BCUT2D eigenvalue weighted by Crippen LogP contribution is 2.37. The number of rotatable bonds is 5. The highest BCUT2D eigenvalue weighted by Gasteiger charge is 2.17. The molecule has 0 fully saturated rings. The lowest BCUT2D eigenvalue weighted by Crippen LogP contribution is -2.03. The van der Waals surface area contributed by atoms with Crippen LogP contribution in [0.4, 0.5) is 0 Å². The van der Waals surface area contributed by atoms with Crippen molar-refractivity contribution in [1.29, 1.82) is 0 Å². The predicted octanol–water partition coefficient (Wildman–Crippen LogP) is 5.22. The third kappa shape index (κ3) is 3.40. The lowest BCUT2D eigenvalue weighted by Gasteiger charge is -2.18. The van der Waals surface area contributed by atoms with E-state index in [9.17, 15) is 4.79 Å². The molecule has 0 aliphatic heterocycles. The summed E-state index contributed by atoms with van der Waals surface area (Å²) >= 11 is 7.63. The quantitative estimate of drug-likeness (QED) is 0.636. The van der Waals surface area contributed by atoms with E-state index in [0.29, 0.717) is 0 Å². The molecular formula is C19H16ClNO2S. The molecule has 0 bridgehead atoms. The first kappa shape index (κ1) is 16.8. The molecule has 0 aliphatic carbocycles. The Morgan fingerprint density at radius 3 is 2.67 bits per heavy atom. The number of carboxylic acids is 1. The molecule has 3 rings (SSSR count). The molecule has 0 saturated carbocycles. The summed E-state index contributed by atoms with van der Waals surface area (Å²) < 4.78 is 0. The van der Waals surface area contributed by atoms with Gasteiger partial charge in [0, 0.05) is 33.6 Å². The van der Waals surface area contributed by atoms with Gasteiger partial charge in [0.15, 0.2) is 0 Å². The van der Waals surface area contributed by atoms with Gasteiger partial charge in [0.1, 0.15) is 0 Å². The first-order valence-corrected chi connectivity index (χ1v) is 8.90. The third-order valence-corrected chi connectivity index (χ3v) is 5.40. The van der Waals surface area contributed by atoms with Crippen molar-refractivity contribution in [3.05, 3.63) is 71.0 Å². The number of hydrogen-bond acceptors (Lipinski definition) is 3. The molecule has 1 unspecified atom stereocenters. The van der Waals surface area contributed by atoms with Crippen molar-refractivity contribution in [2.24, 2.45) is 0 Å². The summed E-state index contributed by atoms with van der Waals surface area (Å²) in [6.45, 7) is 2.11. The number of pyridine rings is 1.